The summed E-state index contributed by atoms with van der Waals surface area (Å²) < 4.78 is 1.72. The molecule has 9 heteroatoms. The van der Waals surface area contributed by atoms with Gasteiger partial charge >= 0.3 is 0 Å². The van der Waals surface area contributed by atoms with Gasteiger partial charge in [-0.25, -0.2) is 5.43 Å². The molecular formula is C18H18Cl2N6O. The van der Waals surface area contributed by atoms with Crippen LogP contribution in [0.3, 0.4) is 0 Å². The molecule has 27 heavy (non-hydrogen) atoms. The lowest BCUT2D eigenvalue weighted by molar-refractivity contribution is -0.112. The van der Waals surface area contributed by atoms with Crippen LogP contribution >= 0.6 is 23.2 Å². The first-order valence-electron chi connectivity index (χ1n) is 8.06. The summed E-state index contributed by atoms with van der Waals surface area (Å²) in [4.78, 5) is 11.3. The number of amidine groups is 1. The number of nitrogens with zero attached hydrogens (tertiary/aromatic N) is 3. The number of hydrogen-bond donors (Lipinski definition) is 3. The molecule has 1 aromatic heterocycles. The van der Waals surface area contributed by atoms with Gasteiger partial charge in [-0.15, -0.1) is 0 Å². The average Bonchev–Trinajstić information content (AvgIpc) is 2.94. The minimum absolute atomic E-state index is 0.239. The van der Waals surface area contributed by atoms with Crippen molar-refractivity contribution >= 4 is 45.8 Å². The van der Waals surface area contributed by atoms with Crippen LogP contribution in [0.25, 0.3) is 22.0 Å². The second-order valence-corrected chi connectivity index (χ2v) is 6.76. The van der Waals surface area contributed by atoms with E-state index in [0.29, 0.717) is 10.0 Å². The van der Waals surface area contributed by atoms with Crippen LogP contribution in [0.4, 0.5) is 0 Å². The molecule has 7 nitrogen and oxygen atoms in total. The van der Waals surface area contributed by atoms with E-state index in [0.717, 1.165) is 27.7 Å². The monoisotopic (exact) mass is 404 g/mol. The van der Waals surface area contributed by atoms with Crippen molar-refractivity contribution in [2.24, 2.45) is 12.8 Å². The van der Waals surface area contributed by atoms with Crippen molar-refractivity contribution in [2.75, 3.05) is 7.05 Å². The summed E-state index contributed by atoms with van der Waals surface area (Å²) in [5.41, 5.74) is 11.3. The third-order valence-electron chi connectivity index (χ3n) is 4.29. The number of nitrogens with two attached hydrogens (primary N) is 1. The van der Waals surface area contributed by atoms with Crippen LogP contribution in [-0.2, 0) is 18.4 Å². The molecule has 0 radical (unpaired) electrons. The minimum Gasteiger partial charge on any atom is -0.363 e. The molecule has 2 aromatic carbocycles. The maximum atomic E-state index is 11.3. The third-order valence-corrected chi connectivity index (χ3v) is 4.84. The molecule has 0 bridgehead atoms. The zero-order valence-corrected chi connectivity index (χ0v) is 16.3. The number of nitrogens with one attached hydrogen (secondary N) is 2. The van der Waals surface area contributed by atoms with Crippen molar-refractivity contribution in [2.45, 2.75) is 6.54 Å². The highest BCUT2D eigenvalue weighted by Crippen LogP contribution is 2.35. The van der Waals surface area contributed by atoms with Gasteiger partial charge in [0.05, 0.1) is 12.2 Å². The number of aryl methyl sites for hydroxylation is 1. The smallest absolute Gasteiger partial charge is 0.285 e. The van der Waals surface area contributed by atoms with E-state index in [9.17, 15) is 4.79 Å². The standard InChI is InChI=1S/C18H18Cl2N6O/c1-23-26(17(21)18(22)27)9-15-13-5-3-4-12(16(13)24-25(15)2)11-7-6-10(19)8-14(11)20/h3-8,21,23H,9H2,1-2H3,(H2,22,27). The Labute approximate surface area is 166 Å². The van der Waals surface area contributed by atoms with Gasteiger partial charge in [0.25, 0.3) is 5.91 Å². The Balaban J connectivity index is 2.11. The van der Waals surface area contributed by atoms with Gasteiger partial charge in [0.1, 0.15) is 5.52 Å². The quantitative estimate of drug-likeness (QED) is 0.353. The number of carbonyl (C=O) groups is 1. The van der Waals surface area contributed by atoms with Crippen molar-refractivity contribution in [1.82, 2.24) is 20.2 Å². The first kappa shape index (κ1) is 19.2. The van der Waals surface area contributed by atoms with E-state index in [1.807, 2.05) is 31.3 Å². The van der Waals surface area contributed by atoms with E-state index < -0.39 is 5.91 Å². The normalized spacial score (nSPS) is 11.0. The molecule has 0 spiro atoms. The van der Waals surface area contributed by atoms with E-state index in [-0.39, 0.29) is 12.4 Å². The van der Waals surface area contributed by atoms with Crippen LogP contribution in [0.5, 0.6) is 0 Å². The highest BCUT2D eigenvalue weighted by Gasteiger charge is 2.20. The lowest BCUT2D eigenvalue weighted by Crippen LogP contribution is -2.46. The molecule has 0 saturated carbocycles. The fourth-order valence-electron chi connectivity index (χ4n) is 2.93. The molecule has 0 saturated heterocycles. The van der Waals surface area contributed by atoms with Crippen LogP contribution in [-0.4, -0.2) is 33.6 Å². The number of amides is 1. The van der Waals surface area contributed by atoms with Crippen LogP contribution in [0.15, 0.2) is 36.4 Å². The molecule has 0 aliphatic heterocycles. The number of aromatic nitrogens is 2. The van der Waals surface area contributed by atoms with Crippen molar-refractivity contribution in [3.05, 3.63) is 52.1 Å². The Morgan fingerprint density at radius 3 is 2.67 bits per heavy atom. The summed E-state index contributed by atoms with van der Waals surface area (Å²) in [6.45, 7) is 0.239. The first-order valence-corrected chi connectivity index (χ1v) is 8.82. The summed E-state index contributed by atoms with van der Waals surface area (Å²) in [5, 5.41) is 15.8. The molecule has 0 unspecified atom stereocenters. The molecule has 3 aromatic rings. The number of halogens is 2. The fourth-order valence-corrected chi connectivity index (χ4v) is 3.44. The third kappa shape index (κ3) is 3.62. The maximum Gasteiger partial charge on any atom is 0.285 e. The number of carbonyl (C=O) groups excluding carboxylic acids is 1. The lowest BCUT2D eigenvalue weighted by atomic mass is 10.0. The molecule has 0 fully saturated rings. The van der Waals surface area contributed by atoms with Crippen molar-refractivity contribution in [1.29, 1.82) is 5.41 Å². The Morgan fingerprint density at radius 2 is 2.04 bits per heavy atom. The van der Waals surface area contributed by atoms with Crippen molar-refractivity contribution < 1.29 is 4.79 Å². The van der Waals surface area contributed by atoms with Crippen LogP contribution in [0.2, 0.25) is 10.0 Å². The molecule has 1 heterocycles. The summed E-state index contributed by atoms with van der Waals surface area (Å²) in [7, 11) is 3.43. The van der Waals surface area contributed by atoms with Gasteiger partial charge in [-0.1, -0.05) is 47.5 Å². The highest BCUT2D eigenvalue weighted by molar-refractivity contribution is 6.37. The Kier molecular flexibility index (Phi) is 5.36. The summed E-state index contributed by atoms with van der Waals surface area (Å²) >= 11 is 12.4. The van der Waals surface area contributed by atoms with E-state index in [4.69, 9.17) is 34.3 Å². The van der Waals surface area contributed by atoms with E-state index in [1.165, 1.54) is 5.01 Å². The molecule has 0 aliphatic rings. The first-order chi connectivity index (χ1) is 12.8. The largest absolute Gasteiger partial charge is 0.363 e. The second-order valence-electron chi connectivity index (χ2n) is 5.92. The number of primary amides is 1. The number of hydrazine groups is 1. The van der Waals surface area contributed by atoms with Gasteiger partial charge in [-0.2, -0.15) is 5.10 Å². The predicted octanol–water partition coefficient (Wildman–Crippen LogP) is 2.95. The van der Waals surface area contributed by atoms with Crippen molar-refractivity contribution in [3.8, 4) is 11.1 Å². The van der Waals surface area contributed by atoms with Crippen LogP contribution in [0, 0.1) is 5.41 Å². The van der Waals surface area contributed by atoms with E-state index >= 15 is 0 Å². The minimum atomic E-state index is -0.815. The summed E-state index contributed by atoms with van der Waals surface area (Å²) in [6, 6.07) is 11.1. The molecule has 140 valence electrons. The molecule has 3 rings (SSSR count). The Hall–Kier alpha value is -2.61. The van der Waals surface area contributed by atoms with Gasteiger partial charge in [-0.3, -0.25) is 19.9 Å². The molecule has 4 N–H and O–H groups in total. The Morgan fingerprint density at radius 1 is 1.30 bits per heavy atom. The summed E-state index contributed by atoms with van der Waals surface area (Å²) in [6.07, 6.45) is 0. The molecule has 0 aliphatic carbocycles. The van der Waals surface area contributed by atoms with Crippen LogP contribution in [0.1, 0.15) is 5.69 Å². The number of fused-ring (bicyclic) bond motifs is 1. The zero-order valence-electron chi connectivity index (χ0n) is 14.8. The number of hydrogen-bond acceptors (Lipinski definition) is 4. The molecule has 1 amide bonds. The fraction of sp³-hybridized carbons (Fsp3) is 0.167. The molecule has 0 atom stereocenters. The Bertz CT molecular complexity index is 1050. The van der Waals surface area contributed by atoms with Gasteiger partial charge in [-0.05, 0) is 12.1 Å². The van der Waals surface area contributed by atoms with Gasteiger partial charge in [0, 0.05) is 40.7 Å². The second kappa shape index (κ2) is 7.56. The van der Waals surface area contributed by atoms with E-state index in [1.54, 1.807) is 23.9 Å². The number of rotatable bonds is 4. The maximum absolute atomic E-state index is 11.3. The van der Waals surface area contributed by atoms with Gasteiger partial charge in [0.2, 0.25) is 5.84 Å². The highest BCUT2D eigenvalue weighted by atomic mass is 35.5. The average molecular weight is 405 g/mol. The van der Waals surface area contributed by atoms with Gasteiger partial charge in [0.15, 0.2) is 0 Å². The number of benzene rings is 2. The lowest BCUT2D eigenvalue weighted by Gasteiger charge is -2.22. The zero-order chi connectivity index (χ0) is 19.7. The topological polar surface area (TPSA) is 100 Å². The van der Waals surface area contributed by atoms with Crippen molar-refractivity contribution in [3.63, 3.8) is 0 Å². The summed E-state index contributed by atoms with van der Waals surface area (Å²) in [5.74, 6) is -1.15. The van der Waals surface area contributed by atoms with Gasteiger partial charge < -0.3 is 5.73 Å². The van der Waals surface area contributed by atoms with Crippen LogP contribution < -0.4 is 11.2 Å². The van der Waals surface area contributed by atoms with E-state index in [2.05, 4.69) is 10.5 Å². The SMILES string of the molecule is CNN(Cc1c2cccc(-c3ccc(Cl)cc3Cl)c2nn1C)C(=N)C(N)=O. The molecular weight excluding hydrogens is 387 g/mol. The predicted molar refractivity (Wildman–Crippen MR) is 108 cm³/mol.